The SMILES string of the molecule is Cc1nn(C)c(NC(C)(CN)CC(C)C)c1[N+](=O)[O-]. The number of nitrogens with two attached hydrogens (primary N) is 1. The predicted octanol–water partition coefficient (Wildman–Crippen LogP) is 1.81. The lowest BCUT2D eigenvalue weighted by Crippen LogP contribution is -2.44. The second kappa shape index (κ2) is 5.56. The molecule has 108 valence electrons. The summed E-state index contributed by atoms with van der Waals surface area (Å²) in [5.74, 6) is 0.852. The molecule has 0 spiro atoms. The maximum absolute atomic E-state index is 11.1. The molecule has 1 aromatic heterocycles. The van der Waals surface area contributed by atoms with E-state index in [2.05, 4.69) is 24.3 Å². The Morgan fingerprint density at radius 3 is 2.58 bits per heavy atom. The summed E-state index contributed by atoms with van der Waals surface area (Å²) in [7, 11) is 1.69. The zero-order valence-corrected chi connectivity index (χ0v) is 12.2. The molecule has 0 radical (unpaired) electrons. The van der Waals surface area contributed by atoms with E-state index in [0.29, 0.717) is 24.0 Å². The molecule has 0 saturated carbocycles. The molecule has 0 amide bonds. The van der Waals surface area contributed by atoms with Crippen LogP contribution >= 0.6 is 0 Å². The van der Waals surface area contributed by atoms with Crippen LogP contribution in [0.1, 0.15) is 32.9 Å². The lowest BCUT2D eigenvalue weighted by Gasteiger charge is -2.31. The molecule has 0 aliphatic carbocycles. The van der Waals surface area contributed by atoms with Gasteiger partial charge in [0.1, 0.15) is 5.69 Å². The lowest BCUT2D eigenvalue weighted by molar-refractivity contribution is -0.384. The van der Waals surface area contributed by atoms with Crippen LogP contribution in [0, 0.1) is 23.0 Å². The molecule has 0 saturated heterocycles. The van der Waals surface area contributed by atoms with Crippen molar-refractivity contribution in [1.82, 2.24) is 9.78 Å². The highest BCUT2D eigenvalue weighted by Gasteiger charge is 2.31. The number of anilines is 1. The van der Waals surface area contributed by atoms with Gasteiger partial charge in [0.2, 0.25) is 5.82 Å². The fourth-order valence-corrected chi connectivity index (χ4v) is 2.38. The summed E-state index contributed by atoms with van der Waals surface area (Å²) in [6, 6.07) is 0. The van der Waals surface area contributed by atoms with E-state index in [1.54, 1.807) is 14.0 Å². The van der Waals surface area contributed by atoms with Gasteiger partial charge >= 0.3 is 5.69 Å². The summed E-state index contributed by atoms with van der Waals surface area (Å²) in [4.78, 5) is 10.7. The van der Waals surface area contributed by atoms with Crippen molar-refractivity contribution >= 4 is 11.5 Å². The fourth-order valence-electron chi connectivity index (χ4n) is 2.38. The van der Waals surface area contributed by atoms with Crippen LogP contribution in [0.3, 0.4) is 0 Å². The second-order valence-corrected chi connectivity index (χ2v) is 5.65. The van der Waals surface area contributed by atoms with Gasteiger partial charge in [0, 0.05) is 19.1 Å². The highest BCUT2D eigenvalue weighted by Crippen LogP contribution is 2.31. The minimum atomic E-state index is -0.406. The van der Waals surface area contributed by atoms with Crippen molar-refractivity contribution < 1.29 is 4.92 Å². The van der Waals surface area contributed by atoms with Crippen molar-refractivity contribution in [3.63, 3.8) is 0 Å². The van der Waals surface area contributed by atoms with Crippen molar-refractivity contribution in [2.45, 2.75) is 39.7 Å². The Balaban J connectivity index is 3.13. The summed E-state index contributed by atoms with van der Waals surface area (Å²) in [5.41, 5.74) is 5.86. The number of hydrogen-bond acceptors (Lipinski definition) is 5. The Morgan fingerprint density at radius 2 is 2.16 bits per heavy atom. The van der Waals surface area contributed by atoms with Crippen LogP contribution < -0.4 is 11.1 Å². The standard InChI is InChI=1S/C12H23N5O2/c1-8(2)6-12(4,7-13)14-11-10(17(18)19)9(3)15-16(11)5/h8,14H,6-7,13H2,1-5H3. The van der Waals surface area contributed by atoms with E-state index in [1.165, 1.54) is 4.68 Å². The molecule has 1 aromatic rings. The molecule has 0 aliphatic rings. The van der Waals surface area contributed by atoms with Crippen molar-refractivity contribution in [3.05, 3.63) is 15.8 Å². The van der Waals surface area contributed by atoms with Gasteiger partial charge in [0.05, 0.1) is 4.92 Å². The van der Waals surface area contributed by atoms with E-state index in [9.17, 15) is 10.1 Å². The van der Waals surface area contributed by atoms with E-state index in [0.717, 1.165) is 6.42 Å². The zero-order chi connectivity index (χ0) is 14.8. The number of rotatable bonds is 6. The van der Waals surface area contributed by atoms with Gasteiger partial charge in [-0.2, -0.15) is 5.10 Å². The van der Waals surface area contributed by atoms with Crippen LogP contribution in [-0.4, -0.2) is 26.8 Å². The molecule has 1 atom stereocenters. The minimum absolute atomic E-state index is 0.0194. The number of nitrogens with zero attached hydrogens (tertiary/aromatic N) is 3. The summed E-state index contributed by atoms with van der Waals surface area (Å²) in [6.45, 7) is 8.19. The highest BCUT2D eigenvalue weighted by atomic mass is 16.6. The maximum atomic E-state index is 11.1. The van der Waals surface area contributed by atoms with Gasteiger partial charge in [-0.3, -0.25) is 10.1 Å². The quantitative estimate of drug-likeness (QED) is 0.606. The van der Waals surface area contributed by atoms with Gasteiger partial charge in [-0.15, -0.1) is 0 Å². The highest BCUT2D eigenvalue weighted by molar-refractivity contribution is 5.60. The number of hydrogen-bond donors (Lipinski definition) is 2. The third kappa shape index (κ3) is 3.44. The second-order valence-electron chi connectivity index (χ2n) is 5.65. The first-order chi connectivity index (χ1) is 8.70. The summed E-state index contributed by atoms with van der Waals surface area (Å²) < 4.78 is 1.50. The van der Waals surface area contributed by atoms with Crippen LogP contribution in [0.5, 0.6) is 0 Å². The first-order valence-electron chi connectivity index (χ1n) is 6.36. The average molecular weight is 269 g/mol. The van der Waals surface area contributed by atoms with E-state index in [4.69, 9.17) is 5.73 Å². The molecule has 7 heteroatoms. The number of aromatic nitrogens is 2. The van der Waals surface area contributed by atoms with Gasteiger partial charge in [0.15, 0.2) is 0 Å². The van der Waals surface area contributed by atoms with Crippen molar-refractivity contribution in [3.8, 4) is 0 Å². The summed E-state index contributed by atoms with van der Waals surface area (Å²) >= 11 is 0. The van der Waals surface area contributed by atoms with Crippen LogP contribution in [0.15, 0.2) is 0 Å². The van der Waals surface area contributed by atoms with Gasteiger partial charge in [-0.25, -0.2) is 4.68 Å². The molecule has 1 unspecified atom stereocenters. The first-order valence-corrected chi connectivity index (χ1v) is 6.36. The molecule has 19 heavy (non-hydrogen) atoms. The summed E-state index contributed by atoms with van der Waals surface area (Å²) in [6.07, 6.45) is 0.824. The summed E-state index contributed by atoms with van der Waals surface area (Å²) in [5, 5.41) is 18.4. The van der Waals surface area contributed by atoms with Crippen LogP contribution in [-0.2, 0) is 7.05 Å². The predicted molar refractivity (Wildman–Crippen MR) is 75.1 cm³/mol. The molecule has 0 aromatic carbocycles. The van der Waals surface area contributed by atoms with E-state index >= 15 is 0 Å². The smallest absolute Gasteiger partial charge is 0.333 e. The molecular weight excluding hydrogens is 246 g/mol. The average Bonchev–Trinajstić information content (AvgIpc) is 2.52. The zero-order valence-electron chi connectivity index (χ0n) is 12.2. The van der Waals surface area contributed by atoms with Gasteiger partial charge in [-0.1, -0.05) is 13.8 Å². The lowest BCUT2D eigenvalue weighted by atomic mass is 9.91. The van der Waals surface area contributed by atoms with Gasteiger partial charge < -0.3 is 11.1 Å². The molecule has 0 bridgehead atoms. The number of nitro groups is 1. The molecular formula is C12H23N5O2. The Labute approximate surface area is 113 Å². The topological polar surface area (TPSA) is 99.0 Å². The Hall–Kier alpha value is -1.63. The molecule has 1 rings (SSSR count). The molecule has 0 fully saturated rings. The maximum Gasteiger partial charge on any atom is 0.333 e. The minimum Gasteiger partial charge on any atom is -0.358 e. The number of aryl methyl sites for hydroxylation is 2. The Bertz CT molecular complexity index is 469. The Morgan fingerprint density at radius 1 is 1.58 bits per heavy atom. The third-order valence-corrected chi connectivity index (χ3v) is 3.10. The van der Waals surface area contributed by atoms with Crippen LogP contribution in [0.4, 0.5) is 11.5 Å². The van der Waals surface area contributed by atoms with E-state index in [-0.39, 0.29) is 11.2 Å². The van der Waals surface area contributed by atoms with Gasteiger partial charge in [0.25, 0.3) is 0 Å². The van der Waals surface area contributed by atoms with E-state index in [1.807, 2.05) is 6.92 Å². The first kappa shape index (κ1) is 15.4. The van der Waals surface area contributed by atoms with Crippen LogP contribution in [0.2, 0.25) is 0 Å². The molecule has 0 aliphatic heterocycles. The normalized spacial score (nSPS) is 14.5. The van der Waals surface area contributed by atoms with Crippen LogP contribution in [0.25, 0.3) is 0 Å². The van der Waals surface area contributed by atoms with E-state index < -0.39 is 4.92 Å². The monoisotopic (exact) mass is 269 g/mol. The number of nitrogens with one attached hydrogen (secondary N) is 1. The fraction of sp³-hybridized carbons (Fsp3) is 0.750. The third-order valence-electron chi connectivity index (χ3n) is 3.10. The van der Waals surface area contributed by atoms with Crippen molar-refractivity contribution in [1.29, 1.82) is 0 Å². The van der Waals surface area contributed by atoms with Gasteiger partial charge in [-0.05, 0) is 26.2 Å². The molecule has 3 N–H and O–H groups in total. The molecule has 7 nitrogen and oxygen atoms in total. The molecule has 1 heterocycles. The van der Waals surface area contributed by atoms with Crippen molar-refractivity contribution in [2.24, 2.45) is 18.7 Å². The largest absolute Gasteiger partial charge is 0.358 e. The Kier molecular flexibility index (Phi) is 4.52. The van der Waals surface area contributed by atoms with Crippen molar-refractivity contribution in [2.75, 3.05) is 11.9 Å².